The first-order chi connectivity index (χ1) is 9.98. The summed E-state index contributed by atoms with van der Waals surface area (Å²) in [5.74, 6) is 0.617. The van der Waals surface area contributed by atoms with Gasteiger partial charge in [-0.3, -0.25) is 0 Å². The van der Waals surface area contributed by atoms with Crippen molar-refractivity contribution in [3.8, 4) is 0 Å². The van der Waals surface area contributed by atoms with Crippen LogP contribution in [-0.4, -0.2) is 52.2 Å². The molecule has 0 bridgehead atoms. The van der Waals surface area contributed by atoms with E-state index in [1.54, 1.807) is 7.11 Å². The highest BCUT2D eigenvalue weighted by Crippen LogP contribution is 2.42. The highest BCUT2D eigenvalue weighted by molar-refractivity contribution is 5.02. The average molecular weight is 301 g/mol. The molecule has 0 heterocycles. The Bertz CT molecular complexity index is 269. The molecular formula is C17H35NO3. The molecule has 4 heteroatoms. The third-order valence-electron chi connectivity index (χ3n) is 4.35. The van der Waals surface area contributed by atoms with Crippen molar-refractivity contribution in [2.24, 2.45) is 11.3 Å². The maximum absolute atomic E-state index is 6.00. The van der Waals surface area contributed by atoms with Crippen molar-refractivity contribution in [3.63, 3.8) is 0 Å². The zero-order valence-corrected chi connectivity index (χ0v) is 14.6. The van der Waals surface area contributed by atoms with Crippen LogP contribution in [0.2, 0.25) is 0 Å². The highest BCUT2D eigenvalue weighted by Gasteiger charge is 2.48. The number of rotatable bonds is 12. The van der Waals surface area contributed by atoms with Crippen LogP contribution < -0.4 is 5.32 Å². The number of unbranched alkanes of at least 4 members (excludes halogenated alkanes) is 1. The van der Waals surface area contributed by atoms with E-state index >= 15 is 0 Å². The van der Waals surface area contributed by atoms with E-state index in [1.807, 2.05) is 0 Å². The van der Waals surface area contributed by atoms with Gasteiger partial charge in [0.25, 0.3) is 0 Å². The van der Waals surface area contributed by atoms with Crippen molar-refractivity contribution in [2.75, 3.05) is 40.1 Å². The molecule has 0 amide bonds. The van der Waals surface area contributed by atoms with Gasteiger partial charge in [-0.25, -0.2) is 0 Å². The van der Waals surface area contributed by atoms with Crippen LogP contribution in [0.4, 0.5) is 0 Å². The summed E-state index contributed by atoms with van der Waals surface area (Å²) in [7, 11) is 1.70. The molecule has 0 saturated heterocycles. The fourth-order valence-corrected chi connectivity index (χ4v) is 2.67. The van der Waals surface area contributed by atoms with E-state index in [0.717, 1.165) is 39.0 Å². The van der Waals surface area contributed by atoms with Crippen LogP contribution in [0.25, 0.3) is 0 Å². The maximum Gasteiger partial charge on any atom is 0.0700 e. The minimum absolute atomic E-state index is 0.254. The van der Waals surface area contributed by atoms with Crippen molar-refractivity contribution >= 4 is 0 Å². The lowest BCUT2D eigenvalue weighted by Crippen LogP contribution is -2.61. The van der Waals surface area contributed by atoms with E-state index in [2.05, 4.69) is 33.0 Å². The Morgan fingerprint density at radius 2 is 1.90 bits per heavy atom. The van der Waals surface area contributed by atoms with Gasteiger partial charge in [0.1, 0.15) is 0 Å². The Morgan fingerprint density at radius 1 is 1.14 bits per heavy atom. The van der Waals surface area contributed by atoms with Crippen molar-refractivity contribution < 1.29 is 14.2 Å². The molecule has 0 aliphatic heterocycles. The Morgan fingerprint density at radius 3 is 2.52 bits per heavy atom. The SMILES string of the molecule is COCCOCCCCNC1CC(OCC(C)C)C1(C)C. The Hall–Kier alpha value is -0.160. The van der Waals surface area contributed by atoms with Gasteiger partial charge in [-0.1, -0.05) is 27.7 Å². The van der Waals surface area contributed by atoms with Crippen LogP contribution in [-0.2, 0) is 14.2 Å². The first-order valence-electron chi connectivity index (χ1n) is 8.40. The van der Waals surface area contributed by atoms with Gasteiger partial charge in [0.05, 0.1) is 19.3 Å². The van der Waals surface area contributed by atoms with Crippen LogP contribution in [0.5, 0.6) is 0 Å². The third-order valence-corrected chi connectivity index (χ3v) is 4.35. The highest BCUT2D eigenvalue weighted by atomic mass is 16.5. The zero-order chi connectivity index (χ0) is 15.7. The summed E-state index contributed by atoms with van der Waals surface area (Å²) in [6.45, 7) is 13.2. The lowest BCUT2D eigenvalue weighted by Gasteiger charge is -2.52. The van der Waals surface area contributed by atoms with Crippen molar-refractivity contribution in [2.45, 2.75) is 59.1 Å². The molecule has 0 aromatic carbocycles. The molecule has 1 aliphatic rings. The largest absolute Gasteiger partial charge is 0.382 e. The van der Waals surface area contributed by atoms with Gasteiger partial charge in [0.2, 0.25) is 0 Å². The van der Waals surface area contributed by atoms with E-state index in [-0.39, 0.29) is 5.41 Å². The molecule has 2 unspecified atom stereocenters. The van der Waals surface area contributed by atoms with Gasteiger partial charge < -0.3 is 19.5 Å². The van der Waals surface area contributed by atoms with Crippen molar-refractivity contribution in [1.82, 2.24) is 5.32 Å². The summed E-state index contributed by atoms with van der Waals surface area (Å²) >= 11 is 0. The lowest BCUT2D eigenvalue weighted by atomic mass is 9.64. The van der Waals surface area contributed by atoms with Crippen molar-refractivity contribution in [1.29, 1.82) is 0 Å². The van der Waals surface area contributed by atoms with Crippen LogP contribution >= 0.6 is 0 Å². The molecular weight excluding hydrogens is 266 g/mol. The topological polar surface area (TPSA) is 39.7 Å². The number of nitrogens with one attached hydrogen (secondary N) is 1. The van der Waals surface area contributed by atoms with E-state index in [4.69, 9.17) is 14.2 Å². The van der Waals surface area contributed by atoms with Crippen LogP contribution in [0.1, 0.15) is 47.0 Å². The monoisotopic (exact) mass is 301 g/mol. The Labute approximate surface area is 130 Å². The predicted octanol–water partition coefficient (Wildman–Crippen LogP) is 2.86. The third kappa shape index (κ3) is 6.64. The first-order valence-corrected chi connectivity index (χ1v) is 8.40. The second-order valence-corrected chi connectivity index (χ2v) is 7.09. The molecule has 4 nitrogen and oxygen atoms in total. The van der Waals surface area contributed by atoms with E-state index in [1.165, 1.54) is 0 Å². The summed E-state index contributed by atoms with van der Waals surface area (Å²) in [6, 6.07) is 0.587. The number of hydrogen-bond acceptors (Lipinski definition) is 4. The first kappa shape index (κ1) is 18.9. The average Bonchev–Trinajstić information content (AvgIpc) is 2.43. The van der Waals surface area contributed by atoms with Gasteiger partial charge in [0, 0.05) is 31.8 Å². The summed E-state index contributed by atoms with van der Waals surface area (Å²) in [4.78, 5) is 0. The molecule has 0 aromatic rings. The number of ether oxygens (including phenoxy) is 3. The lowest BCUT2D eigenvalue weighted by molar-refractivity contribution is -0.123. The van der Waals surface area contributed by atoms with Gasteiger partial charge in [0.15, 0.2) is 0 Å². The van der Waals surface area contributed by atoms with Gasteiger partial charge in [-0.15, -0.1) is 0 Å². The minimum Gasteiger partial charge on any atom is -0.382 e. The Kier molecular flexibility index (Phi) is 8.79. The molecule has 0 aromatic heterocycles. The molecule has 1 rings (SSSR count). The van der Waals surface area contributed by atoms with E-state index in [9.17, 15) is 0 Å². The predicted molar refractivity (Wildman–Crippen MR) is 86.7 cm³/mol. The van der Waals surface area contributed by atoms with Crippen LogP contribution in [0.15, 0.2) is 0 Å². The molecule has 1 saturated carbocycles. The standard InChI is InChI=1S/C17H35NO3/c1-14(2)13-21-16-12-15(17(16,3)4)18-8-6-7-9-20-11-10-19-5/h14-16,18H,6-13H2,1-5H3. The molecule has 2 atom stereocenters. The summed E-state index contributed by atoms with van der Waals surface area (Å²) in [5, 5.41) is 3.67. The van der Waals surface area contributed by atoms with Gasteiger partial charge >= 0.3 is 0 Å². The van der Waals surface area contributed by atoms with Crippen LogP contribution in [0.3, 0.4) is 0 Å². The fraction of sp³-hybridized carbons (Fsp3) is 1.00. The second kappa shape index (κ2) is 9.78. The summed E-state index contributed by atoms with van der Waals surface area (Å²) < 4.78 is 16.4. The number of methoxy groups -OCH3 is 1. The number of hydrogen-bond donors (Lipinski definition) is 1. The molecule has 21 heavy (non-hydrogen) atoms. The fourth-order valence-electron chi connectivity index (χ4n) is 2.67. The van der Waals surface area contributed by atoms with Gasteiger partial charge in [-0.05, 0) is 31.7 Å². The normalized spacial score (nSPS) is 24.3. The van der Waals surface area contributed by atoms with Crippen LogP contribution in [0, 0.1) is 11.3 Å². The zero-order valence-electron chi connectivity index (χ0n) is 14.6. The molecule has 1 N–H and O–H groups in total. The maximum atomic E-state index is 6.00. The Balaban J connectivity index is 2.01. The molecule has 126 valence electrons. The summed E-state index contributed by atoms with van der Waals surface area (Å²) in [5.41, 5.74) is 0.254. The summed E-state index contributed by atoms with van der Waals surface area (Å²) in [6.07, 6.45) is 3.83. The molecule has 0 radical (unpaired) electrons. The van der Waals surface area contributed by atoms with Crippen molar-refractivity contribution in [3.05, 3.63) is 0 Å². The van der Waals surface area contributed by atoms with E-state index in [0.29, 0.717) is 31.3 Å². The molecule has 1 fully saturated rings. The molecule has 1 aliphatic carbocycles. The minimum atomic E-state index is 0.254. The smallest absolute Gasteiger partial charge is 0.0700 e. The van der Waals surface area contributed by atoms with E-state index < -0.39 is 0 Å². The molecule has 0 spiro atoms. The quantitative estimate of drug-likeness (QED) is 0.563. The second-order valence-electron chi connectivity index (χ2n) is 7.09. The van der Waals surface area contributed by atoms with Gasteiger partial charge in [-0.2, -0.15) is 0 Å².